The standard InChI is InChI=1S/C29H33ClN2O6/c1-6-18-36-21-16-14-20(15-17-21)26-27(37-19-10-13-24(33)38-29(3,4)5)25(28(34)35-7-2)31-32(26)23-12-9-8-11-22(23)30/h6,8-9,11-12,14-17H,1,7,10,13,18-19H2,2-5H3. The van der Waals surface area contributed by atoms with E-state index >= 15 is 0 Å². The van der Waals surface area contributed by atoms with Gasteiger partial charge in [0.05, 0.1) is 23.9 Å². The highest BCUT2D eigenvalue weighted by Gasteiger charge is 2.28. The quantitative estimate of drug-likeness (QED) is 0.148. The van der Waals surface area contributed by atoms with Crippen LogP contribution in [0.5, 0.6) is 11.5 Å². The van der Waals surface area contributed by atoms with Gasteiger partial charge in [-0.2, -0.15) is 5.10 Å². The number of halogens is 1. The molecule has 8 nitrogen and oxygen atoms in total. The van der Waals surface area contributed by atoms with E-state index < -0.39 is 11.6 Å². The second kappa shape index (κ2) is 13.1. The molecule has 1 heterocycles. The lowest BCUT2D eigenvalue weighted by Crippen LogP contribution is -2.24. The Morgan fingerprint density at radius 2 is 1.79 bits per heavy atom. The number of hydrogen-bond donors (Lipinski definition) is 0. The van der Waals surface area contributed by atoms with Crippen LogP contribution in [0.25, 0.3) is 16.9 Å². The fraction of sp³-hybridized carbons (Fsp3) is 0.345. The highest BCUT2D eigenvalue weighted by Crippen LogP contribution is 2.38. The second-order valence-corrected chi connectivity index (χ2v) is 9.68. The molecule has 202 valence electrons. The highest BCUT2D eigenvalue weighted by molar-refractivity contribution is 6.32. The molecule has 0 amide bonds. The van der Waals surface area contributed by atoms with Crippen LogP contribution in [0.1, 0.15) is 51.0 Å². The van der Waals surface area contributed by atoms with Crippen LogP contribution in [-0.4, -0.2) is 47.1 Å². The van der Waals surface area contributed by atoms with Crippen molar-refractivity contribution in [1.82, 2.24) is 9.78 Å². The van der Waals surface area contributed by atoms with Crippen molar-refractivity contribution in [2.75, 3.05) is 19.8 Å². The Morgan fingerprint density at radius 1 is 1.08 bits per heavy atom. The summed E-state index contributed by atoms with van der Waals surface area (Å²) in [5.74, 6) is -0.0725. The summed E-state index contributed by atoms with van der Waals surface area (Å²) in [4.78, 5) is 25.1. The van der Waals surface area contributed by atoms with E-state index in [1.165, 1.54) is 0 Å². The molecule has 0 aliphatic carbocycles. The average molecular weight is 541 g/mol. The molecule has 0 N–H and O–H groups in total. The Morgan fingerprint density at radius 3 is 2.42 bits per heavy atom. The van der Waals surface area contributed by atoms with Crippen molar-refractivity contribution in [1.29, 1.82) is 0 Å². The summed E-state index contributed by atoms with van der Waals surface area (Å²) in [6.45, 7) is 11.5. The van der Waals surface area contributed by atoms with Gasteiger partial charge in [-0.05, 0) is 70.5 Å². The van der Waals surface area contributed by atoms with E-state index in [2.05, 4.69) is 11.7 Å². The predicted molar refractivity (Wildman–Crippen MR) is 146 cm³/mol. The van der Waals surface area contributed by atoms with E-state index in [4.69, 9.17) is 30.5 Å². The van der Waals surface area contributed by atoms with E-state index in [1.54, 1.807) is 48.0 Å². The van der Waals surface area contributed by atoms with Crippen LogP contribution in [0, 0.1) is 0 Å². The molecule has 0 saturated carbocycles. The van der Waals surface area contributed by atoms with Crippen LogP contribution in [0.4, 0.5) is 0 Å². The Labute approximate surface area is 228 Å². The van der Waals surface area contributed by atoms with Crippen LogP contribution < -0.4 is 9.47 Å². The topological polar surface area (TPSA) is 88.9 Å². The van der Waals surface area contributed by atoms with Gasteiger partial charge in [0.2, 0.25) is 5.69 Å². The molecular weight excluding hydrogens is 508 g/mol. The molecule has 0 atom stereocenters. The van der Waals surface area contributed by atoms with Crippen LogP contribution in [-0.2, 0) is 14.3 Å². The Balaban J connectivity index is 2.03. The van der Waals surface area contributed by atoms with Crippen molar-refractivity contribution in [3.8, 4) is 28.4 Å². The Bertz CT molecular complexity index is 1260. The molecule has 2 aromatic carbocycles. The van der Waals surface area contributed by atoms with Gasteiger partial charge in [-0.25, -0.2) is 9.48 Å². The van der Waals surface area contributed by atoms with Gasteiger partial charge in [-0.3, -0.25) is 4.79 Å². The van der Waals surface area contributed by atoms with E-state index in [0.717, 1.165) is 0 Å². The van der Waals surface area contributed by atoms with Crippen molar-refractivity contribution < 1.29 is 28.5 Å². The van der Waals surface area contributed by atoms with E-state index in [9.17, 15) is 9.59 Å². The molecular formula is C29H33ClN2O6. The summed E-state index contributed by atoms with van der Waals surface area (Å²) in [7, 11) is 0. The number of rotatable bonds is 12. The first kappa shape index (κ1) is 28.8. The lowest BCUT2D eigenvalue weighted by atomic mass is 10.1. The van der Waals surface area contributed by atoms with Gasteiger partial charge in [0.15, 0.2) is 5.75 Å². The van der Waals surface area contributed by atoms with Crippen LogP contribution in [0.15, 0.2) is 61.2 Å². The van der Waals surface area contributed by atoms with Crippen LogP contribution in [0.3, 0.4) is 0 Å². The van der Waals surface area contributed by atoms with Crippen LogP contribution in [0.2, 0.25) is 5.02 Å². The molecule has 3 rings (SSSR count). The molecule has 0 radical (unpaired) electrons. The van der Waals surface area contributed by atoms with Gasteiger partial charge in [0, 0.05) is 12.0 Å². The van der Waals surface area contributed by atoms with Gasteiger partial charge in [0.1, 0.15) is 23.7 Å². The molecule has 1 aromatic heterocycles. The number of ether oxygens (including phenoxy) is 4. The zero-order chi connectivity index (χ0) is 27.7. The monoisotopic (exact) mass is 540 g/mol. The average Bonchev–Trinajstić information content (AvgIpc) is 3.24. The molecule has 9 heteroatoms. The smallest absolute Gasteiger partial charge is 0.362 e. The number of esters is 2. The summed E-state index contributed by atoms with van der Waals surface area (Å²) in [5.41, 5.74) is 1.21. The highest BCUT2D eigenvalue weighted by atomic mass is 35.5. The maximum atomic E-state index is 12.9. The summed E-state index contributed by atoms with van der Waals surface area (Å²) in [5, 5.41) is 5.01. The maximum Gasteiger partial charge on any atom is 0.362 e. The largest absolute Gasteiger partial charge is 0.490 e. The molecule has 38 heavy (non-hydrogen) atoms. The number of carbonyl (C=O) groups is 2. The van der Waals surface area contributed by atoms with E-state index in [1.807, 2.05) is 39.0 Å². The summed E-state index contributed by atoms with van der Waals surface area (Å²) < 4.78 is 24.0. The minimum atomic E-state index is -0.632. The van der Waals surface area contributed by atoms with Crippen molar-refractivity contribution in [3.63, 3.8) is 0 Å². The lowest BCUT2D eigenvalue weighted by molar-refractivity contribution is -0.155. The zero-order valence-corrected chi connectivity index (χ0v) is 22.9. The molecule has 0 unspecified atom stereocenters. The Kier molecular flexibility index (Phi) is 9.96. The number of para-hydroxylation sites is 1. The van der Waals surface area contributed by atoms with E-state index in [0.29, 0.717) is 40.7 Å². The first-order valence-corrected chi connectivity index (χ1v) is 12.8. The van der Waals surface area contributed by atoms with Gasteiger partial charge in [-0.15, -0.1) is 0 Å². The SMILES string of the molecule is C=CCOc1ccc(-c2c(OCCCC(=O)OC(C)(C)C)c(C(=O)OCC)nn2-c2ccccc2Cl)cc1. The molecule has 0 fully saturated rings. The van der Waals surface area contributed by atoms with Gasteiger partial charge in [0.25, 0.3) is 0 Å². The first-order chi connectivity index (χ1) is 18.1. The third-order valence-electron chi connectivity index (χ3n) is 5.08. The first-order valence-electron chi connectivity index (χ1n) is 12.4. The predicted octanol–water partition coefficient (Wildman–Crippen LogP) is 6.43. The van der Waals surface area contributed by atoms with Crippen molar-refractivity contribution in [3.05, 3.63) is 71.9 Å². The molecule has 0 aliphatic heterocycles. The molecule has 0 bridgehead atoms. The number of benzene rings is 2. The number of nitrogens with zero attached hydrogens (tertiary/aromatic N) is 2. The van der Waals surface area contributed by atoms with Crippen molar-refractivity contribution in [2.45, 2.75) is 46.1 Å². The molecule has 0 spiro atoms. The van der Waals surface area contributed by atoms with Gasteiger partial charge >= 0.3 is 11.9 Å². The van der Waals surface area contributed by atoms with E-state index in [-0.39, 0.29) is 37.0 Å². The van der Waals surface area contributed by atoms with Gasteiger partial charge < -0.3 is 18.9 Å². The lowest BCUT2D eigenvalue weighted by Gasteiger charge is -2.19. The van der Waals surface area contributed by atoms with Crippen molar-refractivity contribution in [2.24, 2.45) is 0 Å². The maximum absolute atomic E-state index is 12.9. The Hall–Kier alpha value is -3.78. The summed E-state index contributed by atoms with van der Waals surface area (Å²) in [6, 6.07) is 14.4. The van der Waals surface area contributed by atoms with Crippen LogP contribution >= 0.6 is 11.6 Å². The summed E-state index contributed by atoms with van der Waals surface area (Å²) >= 11 is 6.52. The van der Waals surface area contributed by atoms with Crippen molar-refractivity contribution >= 4 is 23.5 Å². The second-order valence-electron chi connectivity index (χ2n) is 9.27. The van der Waals surface area contributed by atoms with Gasteiger partial charge in [-0.1, -0.05) is 36.4 Å². The fourth-order valence-electron chi connectivity index (χ4n) is 3.57. The molecule has 0 saturated heterocycles. The third kappa shape index (κ3) is 7.61. The third-order valence-corrected chi connectivity index (χ3v) is 5.40. The zero-order valence-electron chi connectivity index (χ0n) is 22.2. The number of carbonyl (C=O) groups excluding carboxylic acids is 2. The number of hydrogen-bond acceptors (Lipinski definition) is 7. The molecule has 3 aromatic rings. The fourth-order valence-corrected chi connectivity index (χ4v) is 3.79. The molecule has 0 aliphatic rings. The number of aromatic nitrogens is 2. The summed E-state index contributed by atoms with van der Waals surface area (Å²) in [6.07, 6.45) is 2.20. The minimum Gasteiger partial charge on any atom is -0.490 e. The normalized spacial score (nSPS) is 11.1. The minimum absolute atomic E-state index is 0.00558.